The highest BCUT2D eigenvalue weighted by Gasteiger charge is 2.31. The first-order valence-electron chi connectivity index (χ1n) is 6.24. The van der Waals surface area contributed by atoms with Gasteiger partial charge in [0.2, 0.25) is 0 Å². The largest absolute Gasteiger partial charge is 0.496 e. The van der Waals surface area contributed by atoms with E-state index in [1.54, 1.807) is 12.1 Å². The third-order valence-corrected chi connectivity index (χ3v) is 4.33. The molecule has 0 bridgehead atoms. The summed E-state index contributed by atoms with van der Waals surface area (Å²) in [6.07, 6.45) is 2.33. The van der Waals surface area contributed by atoms with Gasteiger partial charge in [-0.25, -0.2) is 9.37 Å². The smallest absolute Gasteiger partial charge is 0.136 e. The first-order chi connectivity index (χ1) is 9.20. The Morgan fingerprint density at radius 1 is 1.47 bits per heavy atom. The van der Waals surface area contributed by atoms with E-state index in [4.69, 9.17) is 10.5 Å². The van der Waals surface area contributed by atoms with Crippen molar-refractivity contribution in [1.82, 2.24) is 4.98 Å². The van der Waals surface area contributed by atoms with Gasteiger partial charge in [-0.15, -0.1) is 11.3 Å². The molecule has 100 valence electrons. The van der Waals surface area contributed by atoms with E-state index in [1.807, 2.05) is 5.38 Å². The zero-order chi connectivity index (χ0) is 13.4. The van der Waals surface area contributed by atoms with Crippen LogP contribution in [-0.4, -0.2) is 12.1 Å². The maximum atomic E-state index is 14.0. The predicted octanol–water partition coefficient (Wildman–Crippen LogP) is 3.37. The fourth-order valence-corrected chi connectivity index (χ4v) is 3.04. The van der Waals surface area contributed by atoms with Crippen molar-refractivity contribution in [3.05, 3.63) is 34.4 Å². The van der Waals surface area contributed by atoms with Crippen molar-refractivity contribution in [2.75, 3.05) is 7.11 Å². The van der Waals surface area contributed by atoms with Gasteiger partial charge in [0, 0.05) is 5.38 Å². The van der Waals surface area contributed by atoms with Gasteiger partial charge in [-0.3, -0.25) is 0 Å². The molecule has 1 saturated carbocycles. The summed E-state index contributed by atoms with van der Waals surface area (Å²) in [6, 6.07) is 4.76. The van der Waals surface area contributed by atoms with Crippen molar-refractivity contribution in [2.24, 2.45) is 11.7 Å². The number of thiazole rings is 1. The molecule has 1 atom stereocenters. The van der Waals surface area contributed by atoms with Crippen molar-refractivity contribution in [2.45, 2.75) is 18.9 Å². The maximum Gasteiger partial charge on any atom is 0.136 e. The fourth-order valence-electron chi connectivity index (χ4n) is 2.14. The van der Waals surface area contributed by atoms with Crippen molar-refractivity contribution < 1.29 is 9.13 Å². The second kappa shape index (κ2) is 4.90. The Morgan fingerprint density at radius 3 is 2.95 bits per heavy atom. The van der Waals surface area contributed by atoms with Gasteiger partial charge in [0.25, 0.3) is 0 Å². The minimum atomic E-state index is -0.323. The molecule has 0 saturated heterocycles. The van der Waals surface area contributed by atoms with Gasteiger partial charge in [-0.2, -0.15) is 0 Å². The van der Waals surface area contributed by atoms with E-state index >= 15 is 0 Å². The number of rotatable bonds is 4. The molecule has 2 N–H and O–H groups in total. The summed E-state index contributed by atoms with van der Waals surface area (Å²) in [6.45, 7) is 0. The standard InChI is InChI=1S/C14H15FN2OS/c1-18-11-4-2-3-9(15)12(11)10-7-19-14(17-10)13(16)8-5-6-8/h2-4,7-8,13H,5-6,16H2,1H3. The van der Waals surface area contributed by atoms with Crippen LogP contribution < -0.4 is 10.5 Å². The molecule has 3 rings (SSSR count). The summed E-state index contributed by atoms with van der Waals surface area (Å²) in [5.74, 6) is 0.717. The maximum absolute atomic E-state index is 14.0. The number of aromatic nitrogens is 1. The highest BCUT2D eigenvalue weighted by molar-refractivity contribution is 7.10. The SMILES string of the molecule is COc1cccc(F)c1-c1csc(C(N)C2CC2)n1. The average Bonchev–Trinajstić information content (AvgIpc) is 3.16. The lowest BCUT2D eigenvalue weighted by Crippen LogP contribution is -2.11. The highest BCUT2D eigenvalue weighted by Crippen LogP contribution is 2.41. The molecule has 1 aromatic heterocycles. The van der Waals surface area contributed by atoms with Crippen LogP contribution in [0.25, 0.3) is 11.3 Å². The van der Waals surface area contributed by atoms with Crippen LogP contribution in [0, 0.1) is 11.7 Å². The fraction of sp³-hybridized carbons (Fsp3) is 0.357. The van der Waals surface area contributed by atoms with E-state index < -0.39 is 0 Å². The van der Waals surface area contributed by atoms with E-state index in [2.05, 4.69) is 4.98 Å². The van der Waals surface area contributed by atoms with E-state index in [0.29, 0.717) is 22.9 Å². The molecule has 5 heteroatoms. The van der Waals surface area contributed by atoms with Crippen molar-refractivity contribution in [3.63, 3.8) is 0 Å². The van der Waals surface area contributed by atoms with Crippen LogP contribution in [0.2, 0.25) is 0 Å². The third-order valence-electron chi connectivity index (χ3n) is 3.39. The zero-order valence-electron chi connectivity index (χ0n) is 10.6. The molecule has 1 unspecified atom stereocenters. The molecule has 2 aromatic rings. The third kappa shape index (κ3) is 2.35. The number of nitrogens with two attached hydrogens (primary N) is 1. The summed E-state index contributed by atoms with van der Waals surface area (Å²) >= 11 is 1.49. The van der Waals surface area contributed by atoms with Gasteiger partial charge in [-0.05, 0) is 30.9 Å². The van der Waals surface area contributed by atoms with Crippen LogP contribution in [-0.2, 0) is 0 Å². The van der Waals surface area contributed by atoms with Gasteiger partial charge >= 0.3 is 0 Å². The first kappa shape index (κ1) is 12.6. The van der Waals surface area contributed by atoms with E-state index in [-0.39, 0.29) is 11.9 Å². The molecule has 0 spiro atoms. The van der Waals surface area contributed by atoms with Crippen molar-refractivity contribution in [3.8, 4) is 17.0 Å². The normalized spacial score (nSPS) is 16.4. The number of hydrogen-bond donors (Lipinski definition) is 1. The minimum absolute atomic E-state index is 0.0171. The molecule has 0 aliphatic heterocycles. The molecule has 1 fully saturated rings. The summed E-state index contributed by atoms with van der Waals surface area (Å²) in [5.41, 5.74) is 7.14. The Bertz CT molecular complexity index is 595. The van der Waals surface area contributed by atoms with Crippen molar-refractivity contribution >= 4 is 11.3 Å². The summed E-state index contributed by atoms with van der Waals surface area (Å²) in [5, 5.41) is 2.72. The molecule has 1 aliphatic rings. The Hall–Kier alpha value is -1.46. The average molecular weight is 278 g/mol. The lowest BCUT2D eigenvalue weighted by atomic mass is 10.1. The van der Waals surface area contributed by atoms with Crippen LogP contribution in [0.4, 0.5) is 4.39 Å². The van der Waals surface area contributed by atoms with Crippen LogP contribution in [0.5, 0.6) is 5.75 Å². The van der Waals surface area contributed by atoms with E-state index in [1.165, 1.54) is 37.4 Å². The van der Waals surface area contributed by atoms with E-state index in [0.717, 1.165) is 5.01 Å². The summed E-state index contributed by atoms with van der Waals surface area (Å²) in [4.78, 5) is 4.48. The van der Waals surface area contributed by atoms with Gasteiger partial charge < -0.3 is 10.5 Å². The molecule has 1 aliphatic carbocycles. The first-order valence-corrected chi connectivity index (χ1v) is 7.12. The topological polar surface area (TPSA) is 48.1 Å². The molecule has 1 aromatic carbocycles. The van der Waals surface area contributed by atoms with E-state index in [9.17, 15) is 4.39 Å². The van der Waals surface area contributed by atoms with Crippen molar-refractivity contribution in [1.29, 1.82) is 0 Å². The lowest BCUT2D eigenvalue weighted by Gasteiger charge is -2.07. The minimum Gasteiger partial charge on any atom is -0.496 e. The Balaban J connectivity index is 1.98. The van der Waals surface area contributed by atoms with Crippen LogP contribution >= 0.6 is 11.3 Å². The Kier molecular flexibility index (Phi) is 3.24. The number of benzene rings is 1. The molecule has 0 amide bonds. The lowest BCUT2D eigenvalue weighted by molar-refractivity contribution is 0.413. The quantitative estimate of drug-likeness (QED) is 0.932. The van der Waals surface area contributed by atoms with Crippen LogP contribution in [0.1, 0.15) is 23.9 Å². The number of nitrogens with zero attached hydrogens (tertiary/aromatic N) is 1. The number of methoxy groups -OCH3 is 1. The Labute approximate surface area is 115 Å². The molecular formula is C14H15FN2OS. The van der Waals surface area contributed by atoms with Gasteiger partial charge in [0.1, 0.15) is 16.6 Å². The number of hydrogen-bond acceptors (Lipinski definition) is 4. The monoisotopic (exact) mass is 278 g/mol. The molecule has 3 nitrogen and oxygen atoms in total. The summed E-state index contributed by atoms with van der Waals surface area (Å²) < 4.78 is 19.2. The molecule has 19 heavy (non-hydrogen) atoms. The van der Waals surface area contributed by atoms with Gasteiger partial charge in [0.15, 0.2) is 0 Å². The molecule has 1 heterocycles. The Morgan fingerprint density at radius 2 is 2.26 bits per heavy atom. The molecule has 0 radical (unpaired) electrons. The zero-order valence-corrected chi connectivity index (χ0v) is 11.4. The molecular weight excluding hydrogens is 263 g/mol. The number of ether oxygens (including phenoxy) is 1. The van der Waals surface area contributed by atoms with Gasteiger partial charge in [0.05, 0.1) is 24.4 Å². The second-order valence-corrected chi connectivity index (χ2v) is 5.64. The van der Waals surface area contributed by atoms with Crippen LogP contribution in [0.15, 0.2) is 23.6 Å². The van der Waals surface area contributed by atoms with Crippen LogP contribution in [0.3, 0.4) is 0 Å². The highest BCUT2D eigenvalue weighted by atomic mass is 32.1. The summed E-state index contributed by atoms with van der Waals surface area (Å²) in [7, 11) is 1.53. The van der Waals surface area contributed by atoms with Gasteiger partial charge in [-0.1, -0.05) is 6.07 Å². The predicted molar refractivity (Wildman–Crippen MR) is 73.7 cm³/mol. The second-order valence-electron chi connectivity index (χ2n) is 4.75. The number of halogens is 1.